The Labute approximate surface area is 160 Å². The molecule has 1 aromatic carbocycles. The van der Waals surface area contributed by atoms with Gasteiger partial charge in [-0.2, -0.15) is 0 Å². The molecule has 1 atom stereocenters. The molecule has 0 unspecified atom stereocenters. The number of halogens is 1. The number of benzene rings is 1. The zero-order valence-electron chi connectivity index (χ0n) is 16.0. The number of carbonyl (C=O) groups is 1. The van der Waals surface area contributed by atoms with E-state index >= 15 is 0 Å². The minimum atomic E-state index is -0.601. The van der Waals surface area contributed by atoms with Crippen LogP contribution in [0.5, 0.6) is 0 Å². The number of rotatable bonds is 5. The molecule has 1 saturated heterocycles. The molecule has 0 aliphatic carbocycles. The van der Waals surface area contributed by atoms with E-state index in [1.807, 2.05) is 31.3 Å². The van der Waals surface area contributed by atoms with Gasteiger partial charge < -0.3 is 4.90 Å². The first kappa shape index (κ1) is 19.5. The summed E-state index contributed by atoms with van der Waals surface area (Å²) >= 11 is 0. The van der Waals surface area contributed by atoms with E-state index < -0.39 is 6.04 Å². The average Bonchev–Trinajstić information content (AvgIpc) is 2.90. The Balaban J connectivity index is 1.68. The summed E-state index contributed by atoms with van der Waals surface area (Å²) in [6.07, 6.45) is 4.56. The van der Waals surface area contributed by atoms with Crippen molar-refractivity contribution in [1.82, 2.24) is 19.7 Å². The second kappa shape index (κ2) is 9.06. The monoisotopic (exact) mass is 370 g/mol. The van der Waals surface area contributed by atoms with Crippen molar-refractivity contribution in [2.75, 3.05) is 40.3 Å². The lowest BCUT2D eigenvalue weighted by Crippen LogP contribution is -2.42. The van der Waals surface area contributed by atoms with Gasteiger partial charge in [0.1, 0.15) is 11.9 Å². The third-order valence-corrected chi connectivity index (χ3v) is 4.98. The molecule has 3 rings (SSSR count). The molecule has 0 saturated carbocycles. The number of amides is 1. The van der Waals surface area contributed by atoms with Gasteiger partial charge >= 0.3 is 0 Å². The Kier molecular flexibility index (Phi) is 6.53. The summed E-state index contributed by atoms with van der Waals surface area (Å²) < 4.78 is 14.3. The number of hydrogen-bond acceptors (Lipinski definition) is 4. The number of aromatic nitrogens is 1. The van der Waals surface area contributed by atoms with Gasteiger partial charge in [-0.1, -0.05) is 24.3 Å². The molecule has 0 bridgehead atoms. The molecule has 1 fully saturated rings. The van der Waals surface area contributed by atoms with Gasteiger partial charge in [0.2, 0.25) is 5.91 Å². The summed E-state index contributed by atoms with van der Waals surface area (Å²) in [5, 5.41) is 0. The fourth-order valence-electron chi connectivity index (χ4n) is 3.60. The summed E-state index contributed by atoms with van der Waals surface area (Å²) in [6.45, 7) is 3.92. The van der Waals surface area contributed by atoms with Crippen molar-refractivity contribution in [3.63, 3.8) is 0 Å². The van der Waals surface area contributed by atoms with Gasteiger partial charge in [0.25, 0.3) is 0 Å². The van der Waals surface area contributed by atoms with Crippen LogP contribution < -0.4 is 0 Å². The molecule has 5 nitrogen and oxygen atoms in total. The fourth-order valence-corrected chi connectivity index (χ4v) is 3.60. The van der Waals surface area contributed by atoms with E-state index in [1.54, 1.807) is 29.3 Å². The van der Waals surface area contributed by atoms with Crippen molar-refractivity contribution in [3.8, 4) is 0 Å². The molecule has 2 heterocycles. The molecule has 1 aromatic heterocycles. The summed E-state index contributed by atoms with van der Waals surface area (Å²) in [7, 11) is 3.64. The van der Waals surface area contributed by atoms with Crippen LogP contribution in [0.1, 0.15) is 23.6 Å². The number of nitrogens with zero attached hydrogens (tertiary/aromatic N) is 4. The second-order valence-corrected chi connectivity index (χ2v) is 7.20. The highest BCUT2D eigenvalue weighted by Gasteiger charge is 2.30. The predicted octanol–water partition coefficient (Wildman–Crippen LogP) is 2.56. The number of likely N-dealkylation sites (N-methyl/N-ethyl adjacent to an activating group) is 1. The first-order valence-electron chi connectivity index (χ1n) is 9.37. The molecular formula is C21H27FN4O. The third-order valence-electron chi connectivity index (χ3n) is 4.98. The maximum atomic E-state index is 14.3. The van der Waals surface area contributed by atoms with E-state index in [-0.39, 0.29) is 11.7 Å². The first-order chi connectivity index (χ1) is 13.1. The highest BCUT2D eigenvalue weighted by molar-refractivity contribution is 5.83. The van der Waals surface area contributed by atoms with E-state index in [0.717, 1.165) is 26.1 Å². The topological polar surface area (TPSA) is 39.7 Å². The van der Waals surface area contributed by atoms with Crippen LogP contribution in [0.2, 0.25) is 0 Å². The van der Waals surface area contributed by atoms with Crippen molar-refractivity contribution in [2.24, 2.45) is 0 Å². The number of hydrogen-bond donors (Lipinski definition) is 0. The normalized spacial score (nSPS) is 17.0. The molecule has 1 amide bonds. The van der Waals surface area contributed by atoms with Crippen LogP contribution in [0.4, 0.5) is 4.39 Å². The number of pyridine rings is 1. The summed E-state index contributed by atoms with van der Waals surface area (Å²) in [6, 6.07) is 9.95. The van der Waals surface area contributed by atoms with Gasteiger partial charge in [-0.25, -0.2) is 4.39 Å². The lowest BCUT2D eigenvalue weighted by Gasteiger charge is -2.30. The Morgan fingerprint density at radius 1 is 1.15 bits per heavy atom. The Morgan fingerprint density at radius 2 is 1.96 bits per heavy atom. The fraction of sp³-hybridized carbons (Fsp3) is 0.429. The van der Waals surface area contributed by atoms with Gasteiger partial charge in [-0.15, -0.1) is 0 Å². The van der Waals surface area contributed by atoms with Crippen LogP contribution >= 0.6 is 0 Å². The maximum Gasteiger partial charge on any atom is 0.244 e. The van der Waals surface area contributed by atoms with E-state index in [4.69, 9.17) is 0 Å². The molecule has 1 aliphatic heterocycles. The summed E-state index contributed by atoms with van der Waals surface area (Å²) in [5.41, 5.74) is 1.61. The SMILES string of the molecule is CN(C)[C@@H](C(=O)N1CCCN(Cc2cccnc2)CC1)c1ccccc1F. The molecule has 1 aliphatic rings. The lowest BCUT2D eigenvalue weighted by atomic mass is 10.0. The Hall–Kier alpha value is -2.31. The van der Waals surface area contributed by atoms with Crippen LogP contribution in [0.15, 0.2) is 48.8 Å². The molecular weight excluding hydrogens is 343 g/mol. The largest absolute Gasteiger partial charge is 0.340 e. The summed E-state index contributed by atoms with van der Waals surface area (Å²) in [5.74, 6) is -0.370. The Bertz CT molecular complexity index is 753. The zero-order chi connectivity index (χ0) is 19.2. The standard InChI is InChI=1S/C21H27FN4O/c1-24(2)20(18-8-3-4-9-19(18)22)21(27)26-12-6-11-25(13-14-26)16-17-7-5-10-23-15-17/h3-5,7-10,15,20H,6,11-14,16H2,1-2H3/t20-/m1/s1. The molecule has 27 heavy (non-hydrogen) atoms. The first-order valence-corrected chi connectivity index (χ1v) is 9.37. The van der Waals surface area contributed by atoms with E-state index in [9.17, 15) is 9.18 Å². The van der Waals surface area contributed by atoms with E-state index in [1.165, 1.54) is 11.6 Å². The van der Waals surface area contributed by atoms with Crippen molar-refractivity contribution in [1.29, 1.82) is 0 Å². The smallest absolute Gasteiger partial charge is 0.244 e. The third kappa shape index (κ3) is 4.90. The van der Waals surface area contributed by atoms with Crippen LogP contribution in [0.25, 0.3) is 0 Å². The van der Waals surface area contributed by atoms with Crippen molar-refractivity contribution in [2.45, 2.75) is 19.0 Å². The number of carbonyl (C=O) groups excluding carboxylic acids is 1. The molecule has 0 spiro atoms. The lowest BCUT2D eigenvalue weighted by molar-refractivity contribution is -0.136. The average molecular weight is 370 g/mol. The van der Waals surface area contributed by atoms with Crippen LogP contribution in [0.3, 0.4) is 0 Å². The molecule has 144 valence electrons. The maximum absolute atomic E-state index is 14.3. The minimum absolute atomic E-state index is 0.0340. The van der Waals surface area contributed by atoms with E-state index in [2.05, 4.69) is 16.0 Å². The summed E-state index contributed by atoms with van der Waals surface area (Å²) in [4.78, 5) is 23.4. The Morgan fingerprint density at radius 3 is 2.67 bits per heavy atom. The van der Waals surface area contributed by atoms with Gasteiger partial charge in [-0.3, -0.25) is 19.6 Å². The van der Waals surface area contributed by atoms with Crippen molar-refractivity contribution < 1.29 is 9.18 Å². The zero-order valence-corrected chi connectivity index (χ0v) is 16.0. The molecule has 6 heteroatoms. The van der Waals surface area contributed by atoms with Gasteiger partial charge in [-0.05, 0) is 38.2 Å². The van der Waals surface area contributed by atoms with Gasteiger partial charge in [0.15, 0.2) is 0 Å². The highest BCUT2D eigenvalue weighted by atomic mass is 19.1. The molecule has 0 radical (unpaired) electrons. The van der Waals surface area contributed by atoms with Crippen LogP contribution in [-0.2, 0) is 11.3 Å². The van der Waals surface area contributed by atoms with Crippen LogP contribution in [0, 0.1) is 5.82 Å². The van der Waals surface area contributed by atoms with E-state index in [0.29, 0.717) is 18.7 Å². The van der Waals surface area contributed by atoms with Gasteiger partial charge in [0, 0.05) is 50.7 Å². The van der Waals surface area contributed by atoms with Crippen molar-refractivity contribution in [3.05, 3.63) is 65.7 Å². The second-order valence-electron chi connectivity index (χ2n) is 7.20. The van der Waals surface area contributed by atoms with Crippen molar-refractivity contribution >= 4 is 5.91 Å². The highest BCUT2D eigenvalue weighted by Crippen LogP contribution is 2.24. The quantitative estimate of drug-likeness (QED) is 0.811. The van der Waals surface area contributed by atoms with Gasteiger partial charge in [0.05, 0.1) is 0 Å². The minimum Gasteiger partial charge on any atom is -0.340 e. The molecule has 2 aromatic rings. The predicted molar refractivity (Wildman–Crippen MR) is 104 cm³/mol. The van der Waals surface area contributed by atoms with Crippen LogP contribution in [-0.4, -0.2) is 65.9 Å². The molecule has 0 N–H and O–H groups in total.